The molecule has 108 valence electrons. The van der Waals surface area contributed by atoms with Crippen LogP contribution in [0.3, 0.4) is 0 Å². The van der Waals surface area contributed by atoms with Gasteiger partial charge in [0.15, 0.2) is 0 Å². The Hall–Kier alpha value is -2.39. The summed E-state index contributed by atoms with van der Waals surface area (Å²) in [5.74, 6) is -0.226. The van der Waals surface area contributed by atoms with Gasteiger partial charge < -0.3 is 10.4 Å². The molecule has 3 aromatic rings. The van der Waals surface area contributed by atoms with Crippen LogP contribution in [0.25, 0.3) is 11.0 Å². The number of nitrogens with zero attached hydrogens (tertiary/aromatic N) is 5. The molecule has 0 radical (unpaired) electrons. The van der Waals surface area contributed by atoms with Crippen molar-refractivity contribution >= 4 is 34.4 Å². The summed E-state index contributed by atoms with van der Waals surface area (Å²) in [6.07, 6.45) is 2.06. The number of hydrogen-bond donors (Lipinski definition) is 2. The first-order valence-corrected chi connectivity index (χ1v) is 7.00. The van der Waals surface area contributed by atoms with E-state index in [0.29, 0.717) is 23.3 Å². The maximum Gasteiger partial charge on any atom is 0.246 e. The third-order valence-electron chi connectivity index (χ3n) is 2.82. The van der Waals surface area contributed by atoms with Gasteiger partial charge in [0.2, 0.25) is 5.91 Å². The van der Waals surface area contributed by atoms with Gasteiger partial charge in [0.25, 0.3) is 0 Å². The molecular formula is C12H12N6O2S. The third-order valence-corrected chi connectivity index (χ3v) is 3.36. The van der Waals surface area contributed by atoms with Crippen molar-refractivity contribution in [2.75, 3.05) is 11.9 Å². The molecule has 0 bridgehead atoms. The minimum absolute atomic E-state index is 0.00368. The normalized spacial score (nSPS) is 10.9. The summed E-state index contributed by atoms with van der Waals surface area (Å²) >= 11 is 1.10. The third kappa shape index (κ3) is 3.03. The number of carbonyl (C=O) groups excluding carboxylic acids is 1. The first-order valence-electron chi connectivity index (χ1n) is 6.27. The second kappa shape index (κ2) is 5.94. The van der Waals surface area contributed by atoms with Gasteiger partial charge in [-0.2, -0.15) is 8.75 Å². The zero-order chi connectivity index (χ0) is 14.7. The van der Waals surface area contributed by atoms with Crippen molar-refractivity contribution in [3.8, 4) is 0 Å². The molecule has 21 heavy (non-hydrogen) atoms. The number of fused-ring (bicyclic) bond motifs is 1. The van der Waals surface area contributed by atoms with E-state index in [1.165, 1.54) is 4.68 Å². The van der Waals surface area contributed by atoms with Crippen molar-refractivity contribution in [1.29, 1.82) is 0 Å². The lowest BCUT2D eigenvalue weighted by atomic mass is 10.2. The van der Waals surface area contributed by atoms with Gasteiger partial charge in [0, 0.05) is 19.2 Å². The molecule has 2 N–H and O–H groups in total. The number of carbonyl (C=O) groups is 1. The number of amides is 1. The molecule has 0 saturated heterocycles. The Labute approximate surface area is 123 Å². The van der Waals surface area contributed by atoms with Crippen molar-refractivity contribution in [3.63, 3.8) is 0 Å². The van der Waals surface area contributed by atoms with Crippen LogP contribution < -0.4 is 5.32 Å². The Balaban J connectivity index is 1.69. The second-order valence-corrected chi connectivity index (χ2v) is 4.90. The SMILES string of the molecule is O=C(Cn1cc(CCO)nn1)Nc1cccc2nsnc12. The number of aliphatic hydroxyl groups is 1. The fourth-order valence-corrected chi connectivity index (χ4v) is 2.44. The van der Waals surface area contributed by atoms with Gasteiger partial charge in [-0.3, -0.25) is 4.79 Å². The first kappa shape index (κ1) is 13.6. The maximum atomic E-state index is 12.0. The van der Waals surface area contributed by atoms with Crippen molar-refractivity contribution in [2.24, 2.45) is 0 Å². The summed E-state index contributed by atoms with van der Waals surface area (Å²) in [7, 11) is 0. The minimum atomic E-state index is -0.226. The average Bonchev–Trinajstić information content (AvgIpc) is 3.09. The molecule has 0 spiro atoms. The summed E-state index contributed by atoms with van der Waals surface area (Å²) in [6, 6.07) is 5.43. The molecule has 3 rings (SSSR count). The Morgan fingerprint density at radius 1 is 1.38 bits per heavy atom. The number of hydrogen-bond acceptors (Lipinski definition) is 7. The Morgan fingerprint density at radius 3 is 3.14 bits per heavy atom. The molecule has 0 fully saturated rings. The summed E-state index contributed by atoms with van der Waals surface area (Å²) in [5, 5.41) is 19.3. The fourth-order valence-electron chi connectivity index (χ4n) is 1.89. The quantitative estimate of drug-likeness (QED) is 0.709. The van der Waals surface area contributed by atoms with Gasteiger partial charge in [0.1, 0.15) is 17.6 Å². The minimum Gasteiger partial charge on any atom is -0.396 e. The van der Waals surface area contributed by atoms with Crippen molar-refractivity contribution in [2.45, 2.75) is 13.0 Å². The van der Waals surface area contributed by atoms with Gasteiger partial charge in [-0.1, -0.05) is 11.3 Å². The average molecular weight is 304 g/mol. The smallest absolute Gasteiger partial charge is 0.246 e. The lowest BCUT2D eigenvalue weighted by molar-refractivity contribution is -0.116. The lowest BCUT2D eigenvalue weighted by Gasteiger charge is -2.05. The second-order valence-electron chi connectivity index (χ2n) is 4.37. The van der Waals surface area contributed by atoms with E-state index in [4.69, 9.17) is 5.11 Å². The molecule has 0 aliphatic carbocycles. The molecule has 0 unspecified atom stereocenters. The van der Waals surface area contributed by atoms with Crippen molar-refractivity contribution < 1.29 is 9.90 Å². The molecule has 0 atom stereocenters. The standard InChI is InChI=1S/C12H12N6O2S/c19-5-4-8-6-18(17-14-8)7-11(20)13-9-2-1-3-10-12(9)16-21-15-10/h1-3,6,19H,4-5,7H2,(H,13,20). The van der Waals surface area contributed by atoms with Crippen LogP contribution >= 0.6 is 11.7 Å². The van der Waals surface area contributed by atoms with Crippen LogP contribution in [-0.2, 0) is 17.8 Å². The summed E-state index contributed by atoms with van der Waals surface area (Å²) < 4.78 is 9.71. The lowest BCUT2D eigenvalue weighted by Crippen LogP contribution is -2.19. The van der Waals surface area contributed by atoms with Crippen LogP contribution in [0.5, 0.6) is 0 Å². The Morgan fingerprint density at radius 2 is 2.29 bits per heavy atom. The van der Waals surface area contributed by atoms with Gasteiger partial charge in [-0.15, -0.1) is 5.10 Å². The molecule has 0 saturated carbocycles. The predicted molar refractivity (Wildman–Crippen MR) is 76.9 cm³/mol. The van der Waals surface area contributed by atoms with E-state index in [1.54, 1.807) is 12.3 Å². The monoisotopic (exact) mass is 304 g/mol. The molecule has 8 nitrogen and oxygen atoms in total. The van der Waals surface area contributed by atoms with Gasteiger partial charge in [0.05, 0.1) is 23.1 Å². The predicted octanol–water partition coefficient (Wildman–Crippen LogP) is 0.456. The summed E-state index contributed by atoms with van der Waals surface area (Å²) in [4.78, 5) is 12.0. The van der Waals surface area contributed by atoms with E-state index in [1.807, 2.05) is 12.1 Å². The van der Waals surface area contributed by atoms with Crippen LogP contribution in [0.1, 0.15) is 5.69 Å². The van der Waals surface area contributed by atoms with Crippen molar-refractivity contribution in [3.05, 3.63) is 30.1 Å². The van der Waals surface area contributed by atoms with Crippen molar-refractivity contribution in [1.82, 2.24) is 23.7 Å². The fraction of sp³-hybridized carbons (Fsp3) is 0.250. The van der Waals surface area contributed by atoms with Crippen LogP contribution in [0.2, 0.25) is 0 Å². The molecule has 2 aromatic heterocycles. The summed E-state index contributed by atoms with van der Waals surface area (Å²) in [5.41, 5.74) is 2.71. The Kier molecular flexibility index (Phi) is 3.84. The topological polar surface area (TPSA) is 106 Å². The highest BCUT2D eigenvalue weighted by atomic mass is 32.1. The maximum absolute atomic E-state index is 12.0. The molecule has 0 aliphatic rings. The van der Waals surface area contributed by atoms with E-state index in [2.05, 4.69) is 24.4 Å². The Bertz CT molecular complexity index is 768. The van der Waals surface area contributed by atoms with E-state index in [9.17, 15) is 4.79 Å². The van der Waals surface area contributed by atoms with Gasteiger partial charge >= 0.3 is 0 Å². The highest BCUT2D eigenvalue weighted by molar-refractivity contribution is 7.00. The largest absolute Gasteiger partial charge is 0.396 e. The number of aromatic nitrogens is 5. The molecule has 1 amide bonds. The zero-order valence-corrected chi connectivity index (χ0v) is 11.7. The molecule has 2 heterocycles. The molecule has 9 heteroatoms. The van der Waals surface area contributed by atoms with E-state index < -0.39 is 0 Å². The van der Waals surface area contributed by atoms with Gasteiger partial charge in [-0.25, -0.2) is 4.68 Å². The molecular weight excluding hydrogens is 292 g/mol. The highest BCUT2D eigenvalue weighted by Crippen LogP contribution is 2.20. The van der Waals surface area contributed by atoms with E-state index >= 15 is 0 Å². The molecule has 1 aromatic carbocycles. The highest BCUT2D eigenvalue weighted by Gasteiger charge is 2.10. The van der Waals surface area contributed by atoms with Crippen LogP contribution in [0, 0.1) is 0 Å². The van der Waals surface area contributed by atoms with Gasteiger partial charge in [-0.05, 0) is 12.1 Å². The number of nitrogens with one attached hydrogen (secondary N) is 1. The van der Waals surface area contributed by atoms with E-state index in [-0.39, 0.29) is 19.1 Å². The van der Waals surface area contributed by atoms with Crippen LogP contribution in [0.15, 0.2) is 24.4 Å². The van der Waals surface area contributed by atoms with E-state index in [0.717, 1.165) is 17.2 Å². The first-order chi connectivity index (χ1) is 10.3. The zero-order valence-electron chi connectivity index (χ0n) is 10.9. The molecule has 0 aliphatic heterocycles. The van der Waals surface area contributed by atoms with Crippen LogP contribution in [-0.4, -0.2) is 41.4 Å². The number of rotatable bonds is 5. The number of benzene rings is 1. The number of anilines is 1. The summed E-state index contributed by atoms with van der Waals surface area (Å²) in [6.45, 7) is 0.0517. The van der Waals surface area contributed by atoms with Crippen LogP contribution in [0.4, 0.5) is 5.69 Å². The number of aliphatic hydroxyl groups excluding tert-OH is 1.